The number of halogens is 20. The second-order valence-electron chi connectivity index (χ2n) is 28.6. The molecule has 13 rings (SSSR count). The van der Waals surface area contributed by atoms with Crippen molar-refractivity contribution in [3.05, 3.63) is 270 Å². The average molecular weight is 1880 g/mol. The molecule has 39 heteroatoms. The lowest BCUT2D eigenvalue weighted by Gasteiger charge is -2.25. The largest absolute Gasteiger partial charge is 0.584 e. The highest BCUT2D eigenvalue weighted by molar-refractivity contribution is 9.10. The lowest BCUT2D eigenvalue weighted by Crippen LogP contribution is -2.37. The normalized spacial score (nSPS) is 14.3. The SMILES string of the molecule is CC(C)(C)OC(=O)N=Cc1ccc(C#N)cc1Br.CC(C)(C)OC(=O)N[C@@H](C1=C(Nc2cccc(C(F)(F)F)c2)COC1=O)c1ccc(C#N)cc1Br.O=C1C=C(Nc2cccc(C(F)(F)F)c2)CO1.O=P1(O)Oc2c(-c3cc(C(F)(F)F)cc(C(F)(F)F)c3)cc3ccccc3c2-c2c(c(-c3cc(C(F)(F)F)cc(C(F)(F)F)c3)cc3ccccc23)O1. The molecule has 4 N–H and O–H groups in total. The monoisotopic (exact) mass is 1870 g/mol. The van der Waals surface area contributed by atoms with Crippen molar-refractivity contribution in [3.63, 3.8) is 0 Å². The first-order valence-corrected chi connectivity index (χ1v) is 38.4. The van der Waals surface area contributed by atoms with E-state index in [-0.39, 0.29) is 80.7 Å². The van der Waals surface area contributed by atoms with Gasteiger partial charge in [-0.3, -0.25) is 4.89 Å². The van der Waals surface area contributed by atoms with E-state index in [9.17, 15) is 108 Å². The number of cyclic esters (lactones) is 2. The number of nitrogens with one attached hydrogen (secondary N) is 3. The van der Waals surface area contributed by atoms with Crippen LogP contribution < -0.4 is 25.0 Å². The van der Waals surface area contributed by atoms with E-state index in [4.69, 9.17) is 33.8 Å². The van der Waals surface area contributed by atoms with Crippen LogP contribution in [-0.2, 0) is 70.2 Å². The van der Waals surface area contributed by atoms with Crippen molar-refractivity contribution in [2.75, 3.05) is 23.8 Å². The highest BCUT2D eigenvalue weighted by Gasteiger charge is 2.44. The number of anilines is 2. The first-order chi connectivity index (χ1) is 57.1. The highest BCUT2D eigenvalue weighted by Crippen LogP contribution is 2.62. The van der Waals surface area contributed by atoms with Gasteiger partial charge in [-0.1, -0.05) is 105 Å². The summed E-state index contributed by atoms with van der Waals surface area (Å²) in [6.07, 6.45) is -29.0. The third kappa shape index (κ3) is 23.9. The average Bonchev–Trinajstić information content (AvgIpc) is 1.65. The molecule has 1 atom stereocenters. The third-order valence-corrected chi connectivity index (χ3v) is 19.4. The van der Waals surface area contributed by atoms with Crippen molar-refractivity contribution in [2.45, 2.75) is 95.8 Å². The second-order valence-corrected chi connectivity index (χ2v) is 31.6. The molecule has 0 fully saturated rings. The predicted octanol–water partition coefficient (Wildman–Crippen LogP) is 25.0. The van der Waals surface area contributed by atoms with Crippen molar-refractivity contribution in [1.82, 2.24) is 5.32 Å². The van der Waals surface area contributed by atoms with Gasteiger partial charge in [-0.25, -0.2) is 23.7 Å². The fourth-order valence-electron chi connectivity index (χ4n) is 12.1. The predicted molar refractivity (Wildman–Crippen MR) is 420 cm³/mol. The van der Waals surface area contributed by atoms with Crippen LogP contribution in [0.15, 0.2) is 219 Å². The zero-order chi connectivity index (χ0) is 90.7. The fraction of sp³-hybridized carbons (Fsp3) is 0.202. The first-order valence-electron chi connectivity index (χ1n) is 35.3. The minimum absolute atomic E-state index is 0.0151. The van der Waals surface area contributed by atoms with Gasteiger partial charge < -0.3 is 43.9 Å². The van der Waals surface area contributed by atoms with Gasteiger partial charge in [-0.05, 0) is 189 Å². The first kappa shape index (κ1) is 92.9. The molecule has 0 aromatic heterocycles. The summed E-state index contributed by atoms with van der Waals surface area (Å²) in [7, 11) is -5.61. The lowest BCUT2D eigenvalue weighted by atomic mass is 9.85. The molecule has 3 aliphatic rings. The zero-order valence-corrected chi connectivity index (χ0v) is 67.8. The summed E-state index contributed by atoms with van der Waals surface area (Å²) >= 11 is 6.67. The van der Waals surface area contributed by atoms with E-state index in [0.29, 0.717) is 61.2 Å². The molecule has 0 unspecified atom stereocenters. The molecule has 2 amide bonds. The van der Waals surface area contributed by atoms with Crippen LogP contribution in [0.3, 0.4) is 0 Å². The Morgan fingerprint density at radius 1 is 0.512 bits per heavy atom. The maximum absolute atomic E-state index is 14.0. The molecular formula is C84H59Br2F18N6O12P. The van der Waals surface area contributed by atoms with Gasteiger partial charge in [-0.2, -0.15) is 94.5 Å². The number of alkyl halides is 18. The molecular weight excluding hydrogens is 1820 g/mol. The standard InChI is InChI=1S/C36H17F12O4P.C24H21BrF3N3O4.C13H13BrN2O2.C11H8F3NO2/c37-33(38,39)21-9-19(10-22(15-21)34(40,41)42)27-13-17-5-1-3-7-25(17)29-30-26-8-4-2-6-18(26)14-28(32(30)52-53(49,50)51-31(27)29)20-11-23(35(43,44)45)16-24(12-20)36(46,47)48;1-23(2,3)35-22(33)31-20(16-8-7-13(11-29)9-17(16)25)19-18(12-34-21(19)32)30-15-6-4-5-14(10-15)24(26,27)28;1-13(2,3)18-12(17)16-8-10-5-4-9(7-15)6-11(10)14;12-11(13,14)7-2-1-3-8(4-7)15-9-5-10(16)17-6-9/h1-16H,(H,49,50);4-10,20,30H,12H2,1-3H3,(H,31,33);4-6,8H,1-3H3;1-5,15H,6H2/t;20-;;/m.1../s1. The van der Waals surface area contributed by atoms with Gasteiger partial charge in [0.05, 0.1) is 79.7 Å². The van der Waals surface area contributed by atoms with Crippen molar-refractivity contribution in [2.24, 2.45) is 4.99 Å². The van der Waals surface area contributed by atoms with E-state index in [2.05, 4.69) is 57.5 Å². The number of hydrogen-bond donors (Lipinski definition) is 4. The molecule has 3 heterocycles. The second kappa shape index (κ2) is 36.0. The fourth-order valence-corrected chi connectivity index (χ4v) is 14.0. The van der Waals surface area contributed by atoms with Gasteiger partial charge in [0.15, 0.2) is 0 Å². The number of alkyl carbamates (subject to hydrolysis) is 1. The summed E-state index contributed by atoms with van der Waals surface area (Å²) < 4.78 is 290. The summed E-state index contributed by atoms with van der Waals surface area (Å²) in [6, 6.07) is 36.7. The van der Waals surface area contributed by atoms with Crippen LogP contribution in [0.5, 0.6) is 11.5 Å². The molecule has 18 nitrogen and oxygen atoms in total. The van der Waals surface area contributed by atoms with Crippen LogP contribution >= 0.6 is 39.7 Å². The molecule has 0 saturated heterocycles. The Morgan fingerprint density at radius 2 is 0.943 bits per heavy atom. The van der Waals surface area contributed by atoms with Gasteiger partial charge in [0.25, 0.3) is 0 Å². The molecule has 0 bridgehead atoms. The van der Waals surface area contributed by atoms with E-state index < -0.39 is 153 Å². The van der Waals surface area contributed by atoms with Gasteiger partial charge in [0.1, 0.15) is 35.9 Å². The van der Waals surface area contributed by atoms with Crippen LogP contribution in [0, 0.1) is 22.7 Å². The Morgan fingerprint density at radius 3 is 1.35 bits per heavy atom. The number of carbonyl (C=O) groups excluding carboxylic acids is 4. The van der Waals surface area contributed by atoms with E-state index in [1.807, 2.05) is 12.1 Å². The number of amides is 2. The number of hydrogen-bond acceptors (Lipinski definition) is 15. The van der Waals surface area contributed by atoms with Crippen LogP contribution in [0.1, 0.15) is 103 Å². The summed E-state index contributed by atoms with van der Waals surface area (Å²) in [5.74, 6) is -2.76. The molecule has 0 aliphatic carbocycles. The number of fused-ring (bicyclic) bond motifs is 7. The molecule has 642 valence electrons. The van der Waals surface area contributed by atoms with E-state index in [1.165, 1.54) is 97.2 Å². The Labute approximate surface area is 702 Å². The number of nitrogens with zero attached hydrogens (tertiary/aromatic N) is 3. The van der Waals surface area contributed by atoms with E-state index >= 15 is 0 Å². The Bertz CT molecular complexity index is 5820. The molecule has 0 radical (unpaired) electrons. The van der Waals surface area contributed by atoms with Crippen molar-refractivity contribution < 1.29 is 136 Å². The minimum atomic E-state index is -5.61. The Kier molecular flexibility index (Phi) is 27.2. The van der Waals surface area contributed by atoms with Crippen LogP contribution in [0.25, 0.3) is 54.9 Å². The van der Waals surface area contributed by atoms with Crippen molar-refractivity contribution in [1.29, 1.82) is 10.5 Å². The van der Waals surface area contributed by atoms with Gasteiger partial charge >= 0.3 is 69.0 Å². The lowest BCUT2D eigenvalue weighted by molar-refractivity contribution is -0.144. The molecule has 0 spiro atoms. The molecule has 10 aromatic rings. The summed E-state index contributed by atoms with van der Waals surface area (Å²) in [5.41, 5.74) is -10.1. The summed E-state index contributed by atoms with van der Waals surface area (Å²) in [5, 5.41) is 26.6. The van der Waals surface area contributed by atoms with E-state index in [1.54, 1.807) is 65.8 Å². The number of rotatable bonds is 10. The Balaban J connectivity index is 0.000000193. The van der Waals surface area contributed by atoms with Gasteiger partial charge in [0.2, 0.25) is 0 Å². The summed E-state index contributed by atoms with van der Waals surface area (Å²) in [6.45, 7) is 10.1. The number of nitriles is 2. The number of aliphatic imine (C=N–C) groups is 1. The smallest absolute Gasteiger partial charge is 0.456 e. The Hall–Kier alpha value is -12.4. The third-order valence-electron chi connectivity index (χ3n) is 17.2. The number of benzene rings is 10. The van der Waals surface area contributed by atoms with Gasteiger partial charge in [0, 0.05) is 60.4 Å². The number of esters is 2. The van der Waals surface area contributed by atoms with Crippen molar-refractivity contribution >= 4 is 103 Å². The maximum atomic E-state index is 14.0. The molecule has 10 aromatic carbocycles. The van der Waals surface area contributed by atoms with Crippen LogP contribution in [0.4, 0.5) is 100.0 Å². The van der Waals surface area contributed by atoms with Crippen LogP contribution in [-0.4, -0.2) is 59.6 Å². The summed E-state index contributed by atoms with van der Waals surface area (Å²) in [4.78, 5) is 62.3. The minimum Gasteiger partial charge on any atom is -0.456 e. The topological polar surface area (TPSA) is 257 Å². The number of carbonyl (C=O) groups is 4. The maximum Gasteiger partial charge on any atom is 0.584 e. The number of phosphoric ester groups is 1. The highest BCUT2D eigenvalue weighted by atomic mass is 79.9. The molecule has 0 saturated carbocycles. The zero-order valence-electron chi connectivity index (χ0n) is 63.8. The van der Waals surface area contributed by atoms with Gasteiger partial charge in [-0.15, -0.1) is 0 Å². The van der Waals surface area contributed by atoms with E-state index in [0.717, 1.165) is 36.4 Å². The number of phosphoric acid groups is 1. The van der Waals surface area contributed by atoms with Crippen molar-refractivity contribution in [3.8, 4) is 57.0 Å². The van der Waals surface area contributed by atoms with Crippen LogP contribution in [0.2, 0.25) is 0 Å². The quantitative estimate of drug-likeness (QED) is 0.0326. The molecule has 123 heavy (non-hydrogen) atoms. The molecule has 3 aliphatic heterocycles. The number of ether oxygens (including phenoxy) is 4.